The molecular weight excluding hydrogens is 725 g/mol. The maximum Gasteiger partial charge on any atom is 0.0562 e. The van der Waals surface area contributed by atoms with Crippen LogP contribution in [0.15, 0.2) is 243 Å². The molecule has 0 saturated heterocycles. The summed E-state index contributed by atoms with van der Waals surface area (Å²) in [7, 11) is 0. The molecule has 2 nitrogen and oxygen atoms in total. The Kier molecular flexibility index (Phi) is 8.87. The lowest BCUT2D eigenvalue weighted by Gasteiger charge is -2.29. The van der Waals surface area contributed by atoms with Crippen molar-refractivity contribution in [1.29, 1.82) is 0 Å². The van der Waals surface area contributed by atoms with Gasteiger partial charge in [-0.2, -0.15) is 0 Å². The van der Waals surface area contributed by atoms with Gasteiger partial charge in [0.2, 0.25) is 0 Å². The van der Waals surface area contributed by atoms with E-state index in [4.69, 9.17) is 0 Å². The van der Waals surface area contributed by atoms with Crippen LogP contribution in [0.5, 0.6) is 0 Å². The molecule has 11 rings (SSSR count). The largest absolute Gasteiger partial charge is 0.309 e. The van der Waals surface area contributed by atoms with E-state index in [-0.39, 0.29) is 0 Å². The van der Waals surface area contributed by atoms with Crippen LogP contribution in [-0.2, 0) is 0 Å². The molecule has 0 amide bonds. The fraction of sp³-hybridized carbons (Fsp3) is 0. The van der Waals surface area contributed by atoms with Gasteiger partial charge in [0, 0.05) is 33.0 Å². The first-order valence-electron chi connectivity index (χ1n) is 20.6. The van der Waals surface area contributed by atoms with Gasteiger partial charge in [-0.3, -0.25) is 0 Å². The highest BCUT2D eigenvalue weighted by molar-refractivity contribution is 6.12. The van der Waals surface area contributed by atoms with Gasteiger partial charge in [-0.05, 0) is 75.2 Å². The summed E-state index contributed by atoms with van der Waals surface area (Å²) in [5.41, 5.74) is 16.2. The minimum Gasteiger partial charge on any atom is -0.309 e. The monoisotopic (exact) mass is 764 g/mol. The van der Waals surface area contributed by atoms with E-state index in [0.29, 0.717) is 0 Å². The number of hydrogen-bond donors (Lipinski definition) is 0. The van der Waals surface area contributed by atoms with Crippen molar-refractivity contribution < 1.29 is 0 Å². The van der Waals surface area contributed by atoms with E-state index in [1.54, 1.807) is 0 Å². The average Bonchev–Trinajstić information content (AvgIpc) is 3.66. The van der Waals surface area contributed by atoms with Crippen LogP contribution in [-0.4, -0.2) is 4.57 Å². The molecule has 2 heteroatoms. The van der Waals surface area contributed by atoms with E-state index in [0.717, 1.165) is 39.4 Å². The normalized spacial score (nSPS) is 11.3. The molecule has 0 bridgehead atoms. The molecule has 0 aliphatic heterocycles. The molecule has 0 aliphatic rings. The Morgan fingerprint density at radius 2 is 0.800 bits per heavy atom. The van der Waals surface area contributed by atoms with Gasteiger partial charge in [0.15, 0.2) is 0 Å². The number of hydrogen-bond acceptors (Lipinski definition) is 1. The van der Waals surface area contributed by atoms with Crippen LogP contribution >= 0.6 is 0 Å². The lowest BCUT2D eigenvalue weighted by molar-refractivity contribution is 1.18. The van der Waals surface area contributed by atoms with Crippen LogP contribution < -0.4 is 4.90 Å². The number of benzene rings is 10. The summed E-state index contributed by atoms with van der Waals surface area (Å²) in [5, 5.41) is 4.82. The van der Waals surface area contributed by atoms with Gasteiger partial charge in [-0.15, -0.1) is 0 Å². The molecule has 1 aromatic heterocycles. The summed E-state index contributed by atoms with van der Waals surface area (Å²) >= 11 is 0. The first-order chi connectivity index (χ1) is 29.8. The Bertz CT molecular complexity index is 3290. The van der Waals surface area contributed by atoms with Gasteiger partial charge in [0.05, 0.1) is 28.1 Å². The van der Waals surface area contributed by atoms with E-state index in [1.165, 1.54) is 60.4 Å². The van der Waals surface area contributed by atoms with Gasteiger partial charge in [-0.1, -0.05) is 206 Å². The van der Waals surface area contributed by atoms with Crippen molar-refractivity contribution in [2.24, 2.45) is 0 Å². The van der Waals surface area contributed by atoms with Gasteiger partial charge in [0.1, 0.15) is 0 Å². The summed E-state index contributed by atoms with van der Waals surface area (Å²) in [6.07, 6.45) is 0. The second-order valence-electron chi connectivity index (χ2n) is 15.3. The highest BCUT2D eigenvalue weighted by Crippen LogP contribution is 2.46. The first-order valence-corrected chi connectivity index (χ1v) is 20.6. The molecule has 11 aromatic rings. The quantitative estimate of drug-likeness (QED) is 0.150. The third kappa shape index (κ3) is 6.23. The summed E-state index contributed by atoms with van der Waals surface area (Å²) in [6.45, 7) is 0. The van der Waals surface area contributed by atoms with Gasteiger partial charge in [0.25, 0.3) is 0 Å². The van der Waals surface area contributed by atoms with Crippen molar-refractivity contribution in [3.63, 3.8) is 0 Å². The summed E-state index contributed by atoms with van der Waals surface area (Å²) in [6, 6.07) is 88.0. The maximum absolute atomic E-state index is 2.48. The molecule has 0 N–H and O–H groups in total. The van der Waals surface area contributed by atoms with Gasteiger partial charge in [-0.25, -0.2) is 0 Å². The van der Waals surface area contributed by atoms with Crippen molar-refractivity contribution in [2.45, 2.75) is 0 Å². The Balaban J connectivity index is 1.17. The van der Waals surface area contributed by atoms with Crippen molar-refractivity contribution in [2.75, 3.05) is 4.90 Å². The molecule has 0 aliphatic carbocycles. The zero-order valence-electron chi connectivity index (χ0n) is 33.0. The molecule has 0 radical (unpaired) electrons. The van der Waals surface area contributed by atoms with Gasteiger partial charge >= 0.3 is 0 Å². The highest BCUT2D eigenvalue weighted by atomic mass is 15.1. The number of anilines is 3. The minimum atomic E-state index is 1.08. The Labute approximate surface area is 350 Å². The molecule has 0 fully saturated rings. The number of aromatic nitrogens is 1. The summed E-state index contributed by atoms with van der Waals surface area (Å²) in [5.74, 6) is 0. The van der Waals surface area contributed by atoms with Crippen LogP contribution in [0, 0.1) is 0 Å². The fourth-order valence-electron chi connectivity index (χ4n) is 8.94. The average molecular weight is 765 g/mol. The number of rotatable bonds is 8. The van der Waals surface area contributed by atoms with E-state index in [9.17, 15) is 0 Å². The van der Waals surface area contributed by atoms with E-state index in [2.05, 4.69) is 252 Å². The second kappa shape index (κ2) is 15.1. The van der Waals surface area contributed by atoms with Crippen LogP contribution in [0.2, 0.25) is 0 Å². The summed E-state index contributed by atoms with van der Waals surface area (Å²) in [4.78, 5) is 2.46. The second-order valence-corrected chi connectivity index (χ2v) is 15.3. The molecule has 1 heterocycles. The lowest BCUT2D eigenvalue weighted by Crippen LogP contribution is -2.12. The first kappa shape index (κ1) is 35.2. The van der Waals surface area contributed by atoms with Crippen LogP contribution in [0.1, 0.15) is 0 Å². The zero-order chi connectivity index (χ0) is 39.8. The zero-order valence-corrected chi connectivity index (χ0v) is 33.0. The van der Waals surface area contributed by atoms with Crippen LogP contribution in [0.25, 0.3) is 82.8 Å². The smallest absolute Gasteiger partial charge is 0.0562 e. The molecule has 10 aromatic carbocycles. The predicted octanol–water partition coefficient (Wildman–Crippen LogP) is 16.1. The SMILES string of the molecule is c1ccc(-c2ccc(-c3ccccc3N(c3ccc4c5ccccc5n(-c5cc(-c6ccccc6)ccc5-c5ccccc5)c4c3)c3cccc4ccccc34)cc2)cc1. The van der Waals surface area contributed by atoms with Crippen LogP contribution in [0.4, 0.5) is 17.1 Å². The lowest BCUT2D eigenvalue weighted by atomic mass is 9.97. The van der Waals surface area contributed by atoms with Crippen molar-refractivity contribution >= 4 is 49.6 Å². The third-order valence-electron chi connectivity index (χ3n) is 11.8. The number of nitrogens with zero attached hydrogens (tertiary/aromatic N) is 2. The molecule has 0 spiro atoms. The van der Waals surface area contributed by atoms with Crippen molar-refractivity contribution in [3.8, 4) is 50.2 Å². The Hall–Kier alpha value is -7.94. The molecule has 0 saturated carbocycles. The Morgan fingerprint density at radius 1 is 0.283 bits per heavy atom. The van der Waals surface area contributed by atoms with Crippen LogP contribution in [0.3, 0.4) is 0 Å². The molecule has 60 heavy (non-hydrogen) atoms. The van der Waals surface area contributed by atoms with E-state index >= 15 is 0 Å². The van der Waals surface area contributed by atoms with Gasteiger partial charge < -0.3 is 9.47 Å². The maximum atomic E-state index is 2.48. The van der Waals surface area contributed by atoms with E-state index < -0.39 is 0 Å². The highest BCUT2D eigenvalue weighted by Gasteiger charge is 2.22. The minimum absolute atomic E-state index is 1.08. The van der Waals surface area contributed by atoms with E-state index in [1.807, 2.05) is 0 Å². The third-order valence-corrected chi connectivity index (χ3v) is 11.8. The fourth-order valence-corrected chi connectivity index (χ4v) is 8.94. The van der Waals surface area contributed by atoms with Crippen molar-refractivity contribution in [3.05, 3.63) is 243 Å². The topological polar surface area (TPSA) is 8.17 Å². The number of para-hydroxylation sites is 2. The molecule has 282 valence electrons. The standard InChI is InChI=1S/C58H40N2/c1-4-17-41(18-5-1)43-31-33-46(34-32-43)50-26-12-14-28-54(50)59(55-30-16-24-45-23-10-11-25-49(45)55)48-36-38-53-52-27-13-15-29-56(52)60(58(53)40-48)57-39-47(42-19-6-2-7-20-42)35-37-51(57)44-21-8-3-9-22-44/h1-40H. The van der Waals surface area contributed by atoms with Crippen molar-refractivity contribution in [1.82, 2.24) is 4.57 Å². The Morgan fingerprint density at radius 3 is 1.57 bits per heavy atom. The molecule has 0 unspecified atom stereocenters. The number of fused-ring (bicyclic) bond motifs is 4. The molecule has 0 atom stereocenters. The summed E-state index contributed by atoms with van der Waals surface area (Å²) < 4.78 is 2.48. The predicted molar refractivity (Wildman–Crippen MR) is 255 cm³/mol. The molecular formula is C58H40N2.